The maximum Gasteiger partial charge on any atom is 0.246 e. The summed E-state index contributed by atoms with van der Waals surface area (Å²) >= 11 is 0. The van der Waals surface area contributed by atoms with Crippen molar-refractivity contribution in [1.82, 2.24) is 9.88 Å². The van der Waals surface area contributed by atoms with E-state index in [1.807, 2.05) is 48.4 Å². The molecule has 0 saturated heterocycles. The number of aromatic nitrogens is 1. The van der Waals surface area contributed by atoms with Gasteiger partial charge >= 0.3 is 0 Å². The summed E-state index contributed by atoms with van der Waals surface area (Å²) in [5.41, 5.74) is 1.91. The molecular weight excluding hydrogens is 260 g/mol. The lowest BCUT2D eigenvalue weighted by molar-refractivity contribution is -0.126. The van der Waals surface area contributed by atoms with Crippen LogP contribution in [-0.4, -0.2) is 28.9 Å². The minimum atomic E-state index is 0.0577. The van der Waals surface area contributed by atoms with Gasteiger partial charge in [0.1, 0.15) is 0 Å². The number of nitrogens with zero attached hydrogens (tertiary/aromatic N) is 2. The molecule has 1 aromatic heterocycles. The Morgan fingerprint density at radius 3 is 2.86 bits per heavy atom. The van der Waals surface area contributed by atoms with Crippen LogP contribution in [0, 0.1) is 5.92 Å². The summed E-state index contributed by atoms with van der Waals surface area (Å²) in [4.78, 5) is 18.5. The van der Waals surface area contributed by atoms with Gasteiger partial charge in [-0.25, -0.2) is 0 Å². The van der Waals surface area contributed by atoms with E-state index in [0.29, 0.717) is 12.0 Å². The number of likely N-dealkylation sites (N-methyl/N-ethyl adjacent to an activating group) is 1. The van der Waals surface area contributed by atoms with Gasteiger partial charge in [0.2, 0.25) is 5.91 Å². The van der Waals surface area contributed by atoms with Gasteiger partial charge < -0.3 is 4.90 Å². The number of rotatable bonds is 4. The molecule has 0 bridgehead atoms. The molecule has 0 aliphatic heterocycles. The number of carbonyl (C=O) groups excluding carboxylic acids is 1. The molecule has 1 aliphatic carbocycles. The van der Waals surface area contributed by atoms with E-state index in [2.05, 4.69) is 11.9 Å². The first-order chi connectivity index (χ1) is 10.2. The number of para-hydroxylation sites is 1. The standard InChI is InChI=1S/C18H20N2O/c1-13(14-8-9-14)20(2)17(21)11-10-16-6-3-5-15-7-4-12-19-18(15)16/h3-7,10-14H,8-9H2,1-2H3/b11-10+. The molecule has 3 rings (SSSR count). The van der Waals surface area contributed by atoms with Crippen LogP contribution in [0.4, 0.5) is 0 Å². The topological polar surface area (TPSA) is 33.2 Å². The van der Waals surface area contributed by atoms with Crippen LogP contribution < -0.4 is 0 Å². The van der Waals surface area contributed by atoms with E-state index in [1.165, 1.54) is 12.8 Å². The lowest BCUT2D eigenvalue weighted by Crippen LogP contribution is -2.35. The zero-order valence-corrected chi connectivity index (χ0v) is 12.5. The van der Waals surface area contributed by atoms with Crippen LogP contribution in [0.15, 0.2) is 42.6 Å². The quantitative estimate of drug-likeness (QED) is 0.803. The van der Waals surface area contributed by atoms with Crippen LogP contribution >= 0.6 is 0 Å². The molecule has 21 heavy (non-hydrogen) atoms. The third-order valence-electron chi connectivity index (χ3n) is 4.33. The van der Waals surface area contributed by atoms with Crippen molar-refractivity contribution in [3.8, 4) is 0 Å². The Bertz CT molecular complexity index is 683. The van der Waals surface area contributed by atoms with Crippen LogP contribution in [0.3, 0.4) is 0 Å². The third-order valence-corrected chi connectivity index (χ3v) is 4.33. The van der Waals surface area contributed by atoms with Gasteiger partial charge in [-0.15, -0.1) is 0 Å². The maximum absolute atomic E-state index is 12.2. The lowest BCUT2D eigenvalue weighted by Gasteiger charge is -2.23. The van der Waals surface area contributed by atoms with Crippen molar-refractivity contribution in [2.45, 2.75) is 25.8 Å². The largest absolute Gasteiger partial charge is 0.339 e. The zero-order valence-electron chi connectivity index (χ0n) is 12.5. The van der Waals surface area contributed by atoms with Gasteiger partial charge in [0.15, 0.2) is 0 Å². The Labute approximate surface area is 125 Å². The molecule has 0 N–H and O–H groups in total. The van der Waals surface area contributed by atoms with Crippen LogP contribution in [0.25, 0.3) is 17.0 Å². The number of hydrogen-bond donors (Lipinski definition) is 0. The Morgan fingerprint density at radius 1 is 1.33 bits per heavy atom. The van der Waals surface area contributed by atoms with E-state index in [1.54, 1.807) is 12.3 Å². The Kier molecular flexibility index (Phi) is 3.74. The molecule has 1 saturated carbocycles. The fourth-order valence-electron chi connectivity index (χ4n) is 2.64. The maximum atomic E-state index is 12.2. The smallest absolute Gasteiger partial charge is 0.246 e. The molecule has 0 spiro atoms. The molecule has 2 aromatic rings. The van der Waals surface area contributed by atoms with Gasteiger partial charge in [-0.2, -0.15) is 0 Å². The van der Waals surface area contributed by atoms with E-state index in [9.17, 15) is 4.79 Å². The monoisotopic (exact) mass is 280 g/mol. The van der Waals surface area contributed by atoms with Crippen molar-refractivity contribution in [2.24, 2.45) is 5.92 Å². The predicted octanol–water partition coefficient (Wildman–Crippen LogP) is 3.50. The first-order valence-corrected chi connectivity index (χ1v) is 7.45. The zero-order chi connectivity index (χ0) is 14.8. The molecule has 1 heterocycles. The molecule has 3 heteroatoms. The summed E-state index contributed by atoms with van der Waals surface area (Å²) in [6.07, 6.45) is 7.80. The summed E-state index contributed by atoms with van der Waals surface area (Å²) in [6.45, 7) is 2.13. The van der Waals surface area contributed by atoms with Crippen molar-refractivity contribution in [3.05, 3.63) is 48.2 Å². The first kappa shape index (κ1) is 13.8. The highest BCUT2D eigenvalue weighted by Crippen LogP contribution is 2.34. The molecule has 3 nitrogen and oxygen atoms in total. The van der Waals surface area contributed by atoms with E-state index in [0.717, 1.165) is 16.5 Å². The SMILES string of the molecule is CC(C1CC1)N(C)C(=O)/C=C/c1cccc2cccnc12. The minimum absolute atomic E-state index is 0.0577. The van der Waals surface area contributed by atoms with Crippen LogP contribution in [0.5, 0.6) is 0 Å². The van der Waals surface area contributed by atoms with Gasteiger partial charge in [-0.1, -0.05) is 24.3 Å². The summed E-state index contributed by atoms with van der Waals surface area (Å²) < 4.78 is 0. The molecule has 1 amide bonds. The average molecular weight is 280 g/mol. The average Bonchev–Trinajstić information content (AvgIpc) is 3.36. The summed E-state index contributed by atoms with van der Waals surface area (Å²) in [7, 11) is 1.89. The van der Waals surface area contributed by atoms with Gasteiger partial charge in [0.25, 0.3) is 0 Å². The number of fused-ring (bicyclic) bond motifs is 1. The molecular formula is C18H20N2O. The van der Waals surface area contributed by atoms with Crippen molar-refractivity contribution >= 4 is 22.9 Å². The Balaban J connectivity index is 1.79. The third kappa shape index (κ3) is 2.97. The molecule has 1 fully saturated rings. The first-order valence-electron chi connectivity index (χ1n) is 7.45. The highest BCUT2D eigenvalue weighted by Gasteiger charge is 2.31. The van der Waals surface area contributed by atoms with Crippen molar-refractivity contribution < 1.29 is 4.79 Å². The van der Waals surface area contributed by atoms with Gasteiger partial charge in [0, 0.05) is 36.3 Å². The van der Waals surface area contributed by atoms with Gasteiger partial charge in [-0.05, 0) is 37.8 Å². The second-order valence-electron chi connectivity index (χ2n) is 5.78. The van der Waals surface area contributed by atoms with E-state index in [-0.39, 0.29) is 5.91 Å². The molecule has 108 valence electrons. The number of benzene rings is 1. The summed E-state index contributed by atoms with van der Waals surface area (Å²) in [6, 6.07) is 10.3. The van der Waals surface area contributed by atoms with E-state index in [4.69, 9.17) is 0 Å². The number of amides is 1. The molecule has 1 unspecified atom stereocenters. The van der Waals surface area contributed by atoms with Crippen LogP contribution in [-0.2, 0) is 4.79 Å². The highest BCUT2D eigenvalue weighted by molar-refractivity contribution is 5.95. The second kappa shape index (κ2) is 5.68. The van der Waals surface area contributed by atoms with Crippen LogP contribution in [0.1, 0.15) is 25.3 Å². The lowest BCUT2D eigenvalue weighted by atomic mass is 10.1. The highest BCUT2D eigenvalue weighted by atomic mass is 16.2. The van der Waals surface area contributed by atoms with Gasteiger partial charge in [0.05, 0.1) is 5.52 Å². The second-order valence-corrected chi connectivity index (χ2v) is 5.78. The fraction of sp³-hybridized carbons (Fsp3) is 0.333. The number of pyridine rings is 1. The van der Waals surface area contributed by atoms with Crippen molar-refractivity contribution in [2.75, 3.05) is 7.05 Å². The fourth-order valence-corrected chi connectivity index (χ4v) is 2.64. The molecule has 1 aromatic carbocycles. The normalized spacial score (nSPS) is 16.3. The summed E-state index contributed by atoms with van der Waals surface area (Å²) in [5.74, 6) is 0.744. The van der Waals surface area contributed by atoms with Crippen molar-refractivity contribution in [3.63, 3.8) is 0 Å². The van der Waals surface area contributed by atoms with E-state index < -0.39 is 0 Å². The van der Waals surface area contributed by atoms with E-state index >= 15 is 0 Å². The Hall–Kier alpha value is -2.16. The number of carbonyl (C=O) groups is 1. The predicted molar refractivity (Wildman–Crippen MR) is 85.7 cm³/mol. The molecule has 0 radical (unpaired) electrons. The van der Waals surface area contributed by atoms with Crippen molar-refractivity contribution in [1.29, 1.82) is 0 Å². The minimum Gasteiger partial charge on any atom is -0.339 e. The summed E-state index contributed by atoms with van der Waals surface area (Å²) in [5, 5.41) is 1.09. The van der Waals surface area contributed by atoms with Gasteiger partial charge in [-0.3, -0.25) is 9.78 Å². The Morgan fingerprint density at radius 2 is 2.10 bits per heavy atom. The molecule has 1 aliphatic rings. The molecule has 1 atom stereocenters. The van der Waals surface area contributed by atoms with Crippen LogP contribution in [0.2, 0.25) is 0 Å². The number of hydrogen-bond acceptors (Lipinski definition) is 2.